The molecule has 0 spiro atoms. The van der Waals surface area contributed by atoms with Gasteiger partial charge in [0.25, 0.3) is 0 Å². The Morgan fingerprint density at radius 3 is 1.91 bits per heavy atom. The largest absolute Gasteiger partial charge is 0.298 e. The lowest BCUT2D eigenvalue weighted by molar-refractivity contribution is 0.671. The average Bonchev–Trinajstić information content (AvgIpc) is 2.33. The van der Waals surface area contributed by atoms with Crippen molar-refractivity contribution in [3.05, 3.63) is 24.3 Å². The summed E-state index contributed by atoms with van der Waals surface area (Å²) in [5.41, 5.74) is 2.70. The van der Waals surface area contributed by atoms with Crippen molar-refractivity contribution >= 4 is 22.4 Å². The second-order valence-corrected chi connectivity index (χ2v) is 19.3. The van der Waals surface area contributed by atoms with E-state index in [4.69, 9.17) is 0 Å². The van der Waals surface area contributed by atoms with E-state index >= 15 is 0 Å². The molecule has 0 bridgehead atoms. The Balaban J connectivity index is 3.68. The molecule has 0 rings (SSSR count). The molecule has 134 valence electrons. The predicted molar refractivity (Wildman–Crippen MR) is 116 cm³/mol. The van der Waals surface area contributed by atoms with E-state index in [1.165, 1.54) is 61.0 Å². The molecule has 0 heterocycles. The van der Waals surface area contributed by atoms with Crippen molar-refractivity contribution in [3.8, 4) is 0 Å². The molecule has 0 aromatic heterocycles. The minimum atomic E-state index is -1.13. The Kier molecular flexibility index (Phi) is 11.0. The van der Waals surface area contributed by atoms with Crippen molar-refractivity contribution in [2.75, 3.05) is 6.54 Å². The Hall–Kier alpha value is -0.416. The van der Waals surface area contributed by atoms with E-state index in [0.717, 1.165) is 6.54 Å². The molecule has 0 aliphatic rings. The molecular weight excluding hydrogens is 310 g/mol. The molecule has 0 atom stereocenters. The summed E-state index contributed by atoms with van der Waals surface area (Å²) in [6, 6.07) is 5.16. The lowest BCUT2D eigenvalue weighted by Gasteiger charge is -2.22. The molecule has 0 fully saturated rings. The fourth-order valence-corrected chi connectivity index (χ4v) is 8.78. The summed E-state index contributed by atoms with van der Waals surface area (Å²) >= 11 is 0. The molecule has 0 saturated carbocycles. The highest BCUT2D eigenvalue weighted by Gasteiger charge is 2.20. The van der Waals surface area contributed by atoms with Crippen LogP contribution in [-0.2, 0) is 0 Å². The molecular formula is C20H41NSi2. The molecule has 0 saturated heterocycles. The first-order valence-electron chi connectivity index (χ1n) is 9.31. The van der Waals surface area contributed by atoms with Crippen LogP contribution < -0.4 is 0 Å². The lowest BCUT2D eigenvalue weighted by atomic mass is 10.2. The van der Waals surface area contributed by atoms with Gasteiger partial charge in [-0.2, -0.15) is 0 Å². The number of hydrogen-bond donors (Lipinski definition) is 0. The van der Waals surface area contributed by atoms with Crippen LogP contribution in [0.5, 0.6) is 0 Å². The molecule has 0 amide bonds. The van der Waals surface area contributed by atoms with Gasteiger partial charge in [0.2, 0.25) is 0 Å². The predicted octanol–water partition coefficient (Wildman–Crippen LogP) is 7.19. The fourth-order valence-electron chi connectivity index (χ4n) is 3.36. The highest BCUT2D eigenvalue weighted by Crippen LogP contribution is 2.23. The minimum Gasteiger partial charge on any atom is -0.298 e. The van der Waals surface area contributed by atoms with E-state index < -0.39 is 16.1 Å². The van der Waals surface area contributed by atoms with Gasteiger partial charge >= 0.3 is 0 Å². The van der Waals surface area contributed by atoms with Crippen LogP contribution >= 0.6 is 0 Å². The smallest absolute Gasteiger partial charge is 0.0568 e. The number of hydrogen-bond acceptors (Lipinski definition) is 1. The molecule has 0 aliphatic carbocycles. The zero-order chi connectivity index (χ0) is 17.9. The zero-order valence-electron chi connectivity index (χ0n) is 16.8. The number of aliphatic imine (C=N–C) groups is 1. The molecule has 23 heavy (non-hydrogen) atoms. The summed E-state index contributed by atoms with van der Waals surface area (Å²) < 4.78 is 0. The summed E-state index contributed by atoms with van der Waals surface area (Å²) in [4.78, 5) is 4.63. The van der Waals surface area contributed by atoms with Gasteiger partial charge in [-0.3, -0.25) is 4.99 Å². The Bertz CT molecular complexity index is 394. The van der Waals surface area contributed by atoms with Crippen molar-refractivity contribution in [2.24, 2.45) is 4.99 Å². The summed E-state index contributed by atoms with van der Waals surface area (Å²) in [7, 11) is -2.15. The van der Waals surface area contributed by atoms with E-state index in [9.17, 15) is 0 Å². The first-order chi connectivity index (χ1) is 10.5. The van der Waals surface area contributed by atoms with Gasteiger partial charge in [0.15, 0.2) is 0 Å². The highest BCUT2D eigenvalue weighted by atomic mass is 28.3. The van der Waals surface area contributed by atoms with Crippen LogP contribution in [0.25, 0.3) is 0 Å². The van der Waals surface area contributed by atoms with Gasteiger partial charge in [-0.05, 0) is 44.6 Å². The number of rotatable bonds is 13. The second-order valence-electron chi connectivity index (χ2n) is 9.05. The second kappa shape index (κ2) is 11.2. The molecule has 0 aromatic rings. The third-order valence-electron chi connectivity index (χ3n) is 4.22. The first kappa shape index (κ1) is 22.6. The van der Waals surface area contributed by atoms with Gasteiger partial charge in [0, 0.05) is 6.54 Å². The maximum atomic E-state index is 4.63. The normalized spacial score (nSPS) is 12.8. The summed E-state index contributed by atoms with van der Waals surface area (Å²) in [5, 5.41) is 0. The molecule has 0 aromatic carbocycles. The summed E-state index contributed by atoms with van der Waals surface area (Å²) in [5.74, 6) is 0. The highest BCUT2D eigenvalue weighted by molar-refractivity contribution is 6.80. The third kappa shape index (κ3) is 14.9. The van der Waals surface area contributed by atoms with E-state index in [2.05, 4.69) is 64.4 Å². The van der Waals surface area contributed by atoms with Crippen molar-refractivity contribution in [2.45, 2.75) is 89.9 Å². The van der Waals surface area contributed by atoms with E-state index in [1.54, 1.807) is 0 Å². The fraction of sp³-hybridized carbons (Fsp3) is 0.750. The van der Waals surface area contributed by atoms with E-state index in [-0.39, 0.29) is 0 Å². The molecule has 1 nitrogen and oxygen atoms in total. The van der Waals surface area contributed by atoms with Gasteiger partial charge in [0.05, 0.1) is 16.1 Å². The Morgan fingerprint density at radius 1 is 0.826 bits per heavy atom. The van der Waals surface area contributed by atoms with Crippen LogP contribution in [0.1, 0.15) is 39.5 Å². The monoisotopic (exact) mass is 351 g/mol. The van der Waals surface area contributed by atoms with Crippen LogP contribution in [0.4, 0.5) is 0 Å². The van der Waals surface area contributed by atoms with Crippen LogP contribution in [-0.4, -0.2) is 28.9 Å². The standard InChI is InChI=1S/C20H41NSi2/c1-19(2)17-22(5,6)15-12-10-9-11-13-21-14-16-23(7,8)18-20(3)4/h14H,1,3,9-13,15-18H2,2,4-8H3. The van der Waals surface area contributed by atoms with Gasteiger partial charge in [-0.25, -0.2) is 0 Å². The molecule has 0 radical (unpaired) electrons. The van der Waals surface area contributed by atoms with Crippen LogP contribution in [0, 0.1) is 0 Å². The number of nitrogens with zero attached hydrogens (tertiary/aromatic N) is 1. The van der Waals surface area contributed by atoms with Crippen LogP contribution in [0.2, 0.25) is 50.4 Å². The average molecular weight is 352 g/mol. The Morgan fingerprint density at radius 2 is 1.35 bits per heavy atom. The Labute approximate surface area is 148 Å². The van der Waals surface area contributed by atoms with Gasteiger partial charge < -0.3 is 0 Å². The van der Waals surface area contributed by atoms with Crippen molar-refractivity contribution in [1.82, 2.24) is 0 Å². The molecule has 3 heteroatoms. The minimum absolute atomic E-state index is 1.01. The number of unbranched alkanes of at least 4 members (excludes halogenated alkanes) is 3. The van der Waals surface area contributed by atoms with Crippen molar-refractivity contribution in [3.63, 3.8) is 0 Å². The molecule has 0 aliphatic heterocycles. The van der Waals surface area contributed by atoms with Crippen molar-refractivity contribution in [1.29, 1.82) is 0 Å². The van der Waals surface area contributed by atoms with E-state index in [0.29, 0.717) is 0 Å². The lowest BCUT2D eigenvalue weighted by Crippen LogP contribution is -2.25. The maximum Gasteiger partial charge on any atom is 0.0568 e. The summed E-state index contributed by atoms with van der Waals surface area (Å²) in [6.45, 7) is 23.3. The van der Waals surface area contributed by atoms with Gasteiger partial charge in [-0.1, -0.05) is 62.6 Å². The molecule has 0 N–H and O–H groups in total. The van der Waals surface area contributed by atoms with Gasteiger partial charge in [-0.15, -0.1) is 13.2 Å². The first-order valence-corrected chi connectivity index (χ1v) is 16.1. The van der Waals surface area contributed by atoms with Crippen molar-refractivity contribution < 1.29 is 0 Å². The summed E-state index contributed by atoms with van der Waals surface area (Å²) in [6.07, 6.45) is 7.55. The van der Waals surface area contributed by atoms with E-state index in [1.807, 2.05) is 0 Å². The van der Waals surface area contributed by atoms with Crippen LogP contribution in [0.3, 0.4) is 0 Å². The topological polar surface area (TPSA) is 12.4 Å². The quantitative estimate of drug-likeness (QED) is 0.144. The zero-order valence-corrected chi connectivity index (χ0v) is 18.8. The maximum absolute atomic E-state index is 4.63. The number of allylic oxidation sites excluding steroid dienone is 2. The molecule has 0 unspecified atom stereocenters. The van der Waals surface area contributed by atoms with Gasteiger partial charge in [0.1, 0.15) is 0 Å². The van der Waals surface area contributed by atoms with Crippen LogP contribution in [0.15, 0.2) is 29.3 Å². The third-order valence-corrected chi connectivity index (χ3v) is 10.3. The SMILES string of the molecule is C=C(C)C[Si](C)(C)CC=NCCCCCC[Si](C)(C)CC(=C)C.